The lowest BCUT2D eigenvalue weighted by atomic mass is 9.87. The van der Waals surface area contributed by atoms with Crippen LogP contribution in [0.4, 0.5) is 17.1 Å². The van der Waals surface area contributed by atoms with Crippen LogP contribution < -0.4 is 9.64 Å². The maximum absolute atomic E-state index is 6.93. The molecule has 2 heteroatoms. The number of nitrogens with zero attached hydrogens (tertiary/aromatic N) is 1. The van der Waals surface area contributed by atoms with Gasteiger partial charge in [-0.05, 0) is 104 Å². The van der Waals surface area contributed by atoms with Gasteiger partial charge in [0.15, 0.2) is 0 Å². The first-order valence-electron chi connectivity index (χ1n) is 17.8. The van der Waals surface area contributed by atoms with Gasteiger partial charge in [0.05, 0.1) is 0 Å². The molecular weight excluding hydrogens is 631 g/mol. The predicted molar refractivity (Wildman–Crippen MR) is 218 cm³/mol. The Kier molecular flexibility index (Phi) is 7.18. The van der Waals surface area contributed by atoms with Crippen LogP contribution >= 0.6 is 0 Å². The first-order valence-corrected chi connectivity index (χ1v) is 17.8. The van der Waals surface area contributed by atoms with Gasteiger partial charge in [0.2, 0.25) is 0 Å². The van der Waals surface area contributed by atoms with Gasteiger partial charge in [0, 0.05) is 33.8 Å². The summed E-state index contributed by atoms with van der Waals surface area (Å²) in [5, 5.41) is 4.76. The number of anilines is 3. The van der Waals surface area contributed by atoms with Crippen molar-refractivity contribution in [3.8, 4) is 56.0 Å². The van der Waals surface area contributed by atoms with Gasteiger partial charge in [0.1, 0.15) is 11.5 Å². The highest BCUT2D eigenvalue weighted by atomic mass is 16.5. The molecule has 2 nitrogen and oxygen atoms in total. The van der Waals surface area contributed by atoms with Gasteiger partial charge < -0.3 is 9.64 Å². The Bertz CT molecular complexity index is 2750. The number of rotatable bonds is 5. The zero-order valence-corrected chi connectivity index (χ0v) is 28.4. The minimum Gasteiger partial charge on any atom is -0.456 e. The summed E-state index contributed by atoms with van der Waals surface area (Å²) in [6.45, 7) is 0. The summed E-state index contributed by atoms with van der Waals surface area (Å²) >= 11 is 0. The second kappa shape index (κ2) is 12.5. The van der Waals surface area contributed by atoms with Crippen molar-refractivity contribution in [2.24, 2.45) is 0 Å². The van der Waals surface area contributed by atoms with Crippen LogP contribution in [0.15, 0.2) is 200 Å². The summed E-state index contributed by atoms with van der Waals surface area (Å²) in [7, 11) is 0. The van der Waals surface area contributed by atoms with E-state index in [0.717, 1.165) is 56.2 Å². The molecule has 9 aromatic carbocycles. The standard InChI is InChI=1S/C50H33NO/c1-3-12-34(13-4-1)36-22-25-41(26-23-36)51(42-27-24-35-14-7-8-17-38(35)30-42)43-28-29-48-47(33-43)50-44(37-15-5-2-6-16-37)20-11-21-45(50)46-31-39-18-9-10-19-40(39)32-49(46)52-48/h1-33H. The molecule has 0 saturated carbocycles. The summed E-state index contributed by atoms with van der Waals surface area (Å²) in [6, 6.07) is 71.7. The van der Waals surface area contributed by atoms with E-state index in [4.69, 9.17) is 4.74 Å². The van der Waals surface area contributed by atoms with E-state index in [9.17, 15) is 0 Å². The van der Waals surface area contributed by atoms with Crippen molar-refractivity contribution in [2.45, 2.75) is 0 Å². The number of hydrogen-bond acceptors (Lipinski definition) is 2. The van der Waals surface area contributed by atoms with E-state index >= 15 is 0 Å². The molecule has 0 N–H and O–H groups in total. The third kappa shape index (κ3) is 5.21. The topological polar surface area (TPSA) is 12.5 Å². The van der Waals surface area contributed by atoms with Crippen molar-refractivity contribution in [2.75, 3.05) is 4.90 Å². The Labute approximate surface area is 303 Å². The zero-order valence-electron chi connectivity index (χ0n) is 28.4. The van der Waals surface area contributed by atoms with E-state index in [-0.39, 0.29) is 0 Å². The molecule has 52 heavy (non-hydrogen) atoms. The number of hydrogen-bond donors (Lipinski definition) is 0. The zero-order chi connectivity index (χ0) is 34.4. The maximum Gasteiger partial charge on any atom is 0.135 e. The Morgan fingerprint density at radius 2 is 0.846 bits per heavy atom. The number of fused-ring (bicyclic) bond motifs is 7. The minimum atomic E-state index is 0.834. The molecule has 1 aliphatic rings. The Balaban J connectivity index is 1.21. The van der Waals surface area contributed by atoms with E-state index in [1.54, 1.807) is 0 Å². The predicted octanol–water partition coefficient (Wildman–Crippen LogP) is 14.2. The van der Waals surface area contributed by atoms with E-state index in [2.05, 4.69) is 205 Å². The van der Waals surface area contributed by atoms with Gasteiger partial charge >= 0.3 is 0 Å². The molecule has 0 bridgehead atoms. The van der Waals surface area contributed by atoms with Gasteiger partial charge in [-0.1, -0.05) is 146 Å². The Hall–Kier alpha value is -6.90. The third-order valence-electron chi connectivity index (χ3n) is 10.2. The molecule has 0 fully saturated rings. The lowest BCUT2D eigenvalue weighted by Gasteiger charge is -2.27. The fraction of sp³-hybridized carbons (Fsp3) is 0. The van der Waals surface area contributed by atoms with Crippen molar-refractivity contribution in [1.82, 2.24) is 0 Å². The monoisotopic (exact) mass is 663 g/mol. The second-order valence-corrected chi connectivity index (χ2v) is 13.4. The molecule has 0 spiro atoms. The van der Waals surface area contributed by atoms with Crippen molar-refractivity contribution in [3.63, 3.8) is 0 Å². The number of benzene rings is 9. The summed E-state index contributed by atoms with van der Waals surface area (Å²) in [4.78, 5) is 2.36. The quantitative estimate of drug-likeness (QED) is 0.182. The fourth-order valence-corrected chi connectivity index (χ4v) is 7.70. The van der Waals surface area contributed by atoms with Crippen LogP contribution in [0.25, 0.3) is 66.1 Å². The van der Waals surface area contributed by atoms with E-state index in [1.165, 1.54) is 38.4 Å². The summed E-state index contributed by atoms with van der Waals surface area (Å²) in [5.41, 5.74) is 12.4. The fourth-order valence-electron chi connectivity index (χ4n) is 7.70. The van der Waals surface area contributed by atoms with Gasteiger partial charge in [0.25, 0.3) is 0 Å². The van der Waals surface area contributed by atoms with Crippen LogP contribution in [0.2, 0.25) is 0 Å². The highest BCUT2D eigenvalue weighted by Gasteiger charge is 2.26. The lowest BCUT2D eigenvalue weighted by molar-refractivity contribution is 0.488. The molecule has 10 rings (SSSR count). The van der Waals surface area contributed by atoms with Gasteiger partial charge in [-0.25, -0.2) is 0 Å². The number of ether oxygens (including phenoxy) is 1. The van der Waals surface area contributed by atoms with Crippen LogP contribution in [0.5, 0.6) is 11.5 Å². The minimum absolute atomic E-state index is 0.834. The third-order valence-corrected chi connectivity index (χ3v) is 10.2. The van der Waals surface area contributed by atoms with Crippen LogP contribution in [0.3, 0.4) is 0 Å². The molecule has 0 aromatic heterocycles. The molecule has 1 aliphatic heterocycles. The van der Waals surface area contributed by atoms with E-state index in [1.807, 2.05) is 0 Å². The van der Waals surface area contributed by atoms with Crippen LogP contribution in [0.1, 0.15) is 0 Å². The molecule has 0 amide bonds. The molecule has 1 heterocycles. The van der Waals surface area contributed by atoms with Gasteiger partial charge in [-0.3, -0.25) is 0 Å². The van der Waals surface area contributed by atoms with E-state index in [0.29, 0.717) is 0 Å². The van der Waals surface area contributed by atoms with E-state index < -0.39 is 0 Å². The molecule has 9 aromatic rings. The molecule has 0 aliphatic carbocycles. The van der Waals surface area contributed by atoms with Crippen LogP contribution in [-0.4, -0.2) is 0 Å². The summed E-state index contributed by atoms with van der Waals surface area (Å²) in [6.07, 6.45) is 0. The summed E-state index contributed by atoms with van der Waals surface area (Å²) in [5.74, 6) is 1.69. The Morgan fingerprint density at radius 3 is 1.60 bits per heavy atom. The van der Waals surface area contributed by atoms with Crippen molar-refractivity contribution in [3.05, 3.63) is 200 Å². The molecule has 0 saturated heterocycles. The highest BCUT2D eigenvalue weighted by Crippen LogP contribution is 2.52. The maximum atomic E-state index is 6.93. The molecule has 0 unspecified atom stereocenters. The second-order valence-electron chi connectivity index (χ2n) is 13.4. The SMILES string of the molecule is c1ccc(-c2ccc(N(c3ccc4c(c3)-c3c(-c5ccccc5)cccc3-c3cc5ccccc5cc3O4)c3ccc4ccccc4c3)cc2)cc1. The van der Waals surface area contributed by atoms with Crippen LogP contribution in [0, 0.1) is 0 Å². The van der Waals surface area contributed by atoms with Crippen molar-refractivity contribution < 1.29 is 4.74 Å². The lowest BCUT2D eigenvalue weighted by Crippen LogP contribution is -2.10. The largest absolute Gasteiger partial charge is 0.456 e. The molecule has 244 valence electrons. The Morgan fingerprint density at radius 1 is 0.288 bits per heavy atom. The van der Waals surface area contributed by atoms with Crippen molar-refractivity contribution in [1.29, 1.82) is 0 Å². The van der Waals surface area contributed by atoms with Crippen molar-refractivity contribution >= 4 is 38.6 Å². The first kappa shape index (κ1) is 30.0. The first-order chi connectivity index (χ1) is 25.8. The van der Waals surface area contributed by atoms with Crippen LogP contribution in [-0.2, 0) is 0 Å². The van der Waals surface area contributed by atoms with Gasteiger partial charge in [-0.15, -0.1) is 0 Å². The summed E-state index contributed by atoms with van der Waals surface area (Å²) < 4.78 is 6.93. The molecular formula is C50H33NO. The average Bonchev–Trinajstić information content (AvgIpc) is 3.35. The molecule has 0 radical (unpaired) electrons. The van der Waals surface area contributed by atoms with Gasteiger partial charge in [-0.2, -0.15) is 0 Å². The normalized spacial score (nSPS) is 11.6. The average molecular weight is 664 g/mol. The molecule has 0 atom stereocenters. The highest BCUT2D eigenvalue weighted by molar-refractivity contribution is 6.03. The smallest absolute Gasteiger partial charge is 0.135 e.